The quantitative estimate of drug-likeness (QED) is 0.832. The molecule has 0 aliphatic heterocycles. The van der Waals surface area contributed by atoms with Crippen molar-refractivity contribution < 1.29 is 9.53 Å². The Morgan fingerprint density at radius 3 is 2.47 bits per heavy atom. The zero-order valence-electron chi connectivity index (χ0n) is 8.17. The number of ether oxygens (including phenoxy) is 1. The van der Waals surface area contributed by atoms with Crippen molar-refractivity contribution in [3.05, 3.63) is 33.8 Å². The maximum Gasteiger partial charge on any atom is 0.322 e. The highest BCUT2D eigenvalue weighted by atomic mass is 35.5. The van der Waals surface area contributed by atoms with Gasteiger partial charge in [-0.3, -0.25) is 4.79 Å². The topological polar surface area (TPSA) is 52.3 Å². The molecule has 1 unspecified atom stereocenters. The molecule has 5 heteroatoms. The zero-order chi connectivity index (χ0) is 11.4. The maximum absolute atomic E-state index is 11.1. The summed E-state index contributed by atoms with van der Waals surface area (Å²) in [6.07, 6.45) is 0.269. The molecule has 1 atom stereocenters. The third-order valence-corrected chi connectivity index (χ3v) is 2.70. The molecular weight excluding hydrogens is 237 g/mol. The Labute approximate surface area is 98.1 Å². The molecule has 3 nitrogen and oxygen atoms in total. The predicted molar refractivity (Wildman–Crippen MR) is 60.2 cm³/mol. The Bertz CT molecular complexity index is 348. The molecule has 0 heterocycles. The Balaban J connectivity index is 2.85. The van der Waals surface area contributed by atoms with Crippen molar-refractivity contribution >= 4 is 29.2 Å². The van der Waals surface area contributed by atoms with E-state index in [2.05, 4.69) is 4.74 Å². The number of benzene rings is 1. The summed E-state index contributed by atoms with van der Waals surface area (Å²) in [6, 6.07) is 4.39. The number of carbonyl (C=O) groups is 1. The molecule has 1 rings (SSSR count). The molecule has 0 saturated carbocycles. The number of hydrogen-bond acceptors (Lipinski definition) is 3. The maximum atomic E-state index is 11.1. The van der Waals surface area contributed by atoms with Crippen LogP contribution in [0, 0.1) is 0 Å². The molecule has 0 saturated heterocycles. The van der Waals surface area contributed by atoms with E-state index in [0.29, 0.717) is 15.6 Å². The van der Waals surface area contributed by atoms with Crippen LogP contribution in [0.1, 0.15) is 5.56 Å². The highest BCUT2D eigenvalue weighted by Gasteiger charge is 2.17. The van der Waals surface area contributed by atoms with Gasteiger partial charge in [-0.05, 0) is 17.7 Å². The van der Waals surface area contributed by atoms with E-state index in [-0.39, 0.29) is 6.42 Å². The zero-order valence-corrected chi connectivity index (χ0v) is 9.68. The molecule has 1 aromatic rings. The van der Waals surface area contributed by atoms with E-state index in [0.717, 1.165) is 0 Å². The summed E-state index contributed by atoms with van der Waals surface area (Å²) in [4.78, 5) is 11.1. The Kier molecular flexibility index (Phi) is 4.39. The summed E-state index contributed by atoms with van der Waals surface area (Å²) in [6.45, 7) is 0. The molecule has 0 aliphatic rings. The lowest BCUT2D eigenvalue weighted by molar-refractivity contribution is -0.142. The van der Waals surface area contributed by atoms with Crippen LogP contribution in [0.4, 0.5) is 0 Å². The average molecular weight is 248 g/mol. The summed E-state index contributed by atoms with van der Waals surface area (Å²) in [5, 5.41) is 1.00. The average Bonchev–Trinajstić information content (AvgIpc) is 2.22. The lowest BCUT2D eigenvalue weighted by Gasteiger charge is -2.11. The molecule has 82 valence electrons. The first-order chi connectivity index (χ1) is 7.06. The minimum absolute atomic E-state index is 0.269. The third-order valence-electron chi connectivity index (χ3n) is 1.99. The van der Waals surface area contributed by atoms with Crippen molar-refractivity contribution in [2.24, 2.45) is 5.73 Å². The first-order valence-electron chi connectivity index (χ1n) is 4.32. The second-order valence-electron chi connectivity index (χ2n) is 3.03. The number of methoxy groups -OCH3 is 1. The molecular formula is C10H11Cl2NO2. The fourth-order valence-corrected chi connectivity index (χ4v) is 1.73. The van der Waals surface area contributed by atoms with Gasteiger partial charge in [-0.25, -0.2) is 0 Å². The van der Waals surface area contributed by atoms with Gasteiger partial charge in [0, 0.05) is 16.5 Å². The highest BCUT2D eigenvalue weighted by Crippen LogP contribution is 2.25. The molecule has 0 aromatic heterocycles. The normalized spacial score (nSPS) is 12.3. The van der Waals surface area contributed by atoms with E-state index in [9.17, 15) is 4.79 Å². The number of hydrogen-bond donors (Lipinski definition) is 1. The second kappa shape index (κ2) is 5.35. The van der Waals surface area contributed by atoms with Gasteiger partial charge in [-0.15, -0.1) is 0 Å². The lowest BCUT2D eigenvalue weighted by Crippen LogP contribution is -2.33. The monoisotopic (exact) mass is 247 g/mol. The molecule has 2 N–H and O–H groups in total. The van der Waals surface area contributed by atoms with E-state index in [1.54, 1.807) is 18.2 Å². The molecule has 0 aliphatic carbocycles. The Morgan fingerprint density at radius 1 is 1.47 bits per heavy atom. The van der Waals surface area contributed by atoms with Crippen LogP contribution in [0.5, 0.6) is 0 Å². The number of nitrogens with two attached hydrogens (primary N) is 1. The number of halogens is 2. The van der Waals surface area contributed by atoms with E-state index in [1.807, 2.05) is 0 Å². The summed E-state index contributed by atoms with van der Waals surface area (Å²) in [7, 11) is 1.29. The minimum atomic E-state index is -0.743. The number of rotatable bonds is 3. The molecule has 1 aromatic carbocycles. The first kappa shape index (κ1) is 12.3. The van der Waals surface area contributed by atoms with Crippen LogP contribution in [0.25, 0.3) is 0 Å². The highest BCUT2D eigenvalue weighted by molar-refractivity contribution is 6.36. The van der Waals surface area contributed by atoms with Crippen LogP contribution in [0.3, 0.4) is 0 Å². The van der Waals surface area contributed by atoms with Crippen molar-refractivity contribution in [1.82, 2.24) is 0 Å². The smallest absolute Gasteiger partial charge is 0.322 e. The summed E-state index contributed by atoms with van der Waals surface area (Å²) < 4.78 is 4.51. The van der Waals surface area contributed by atoms with Crippen LogP contribution >= 0.6 is 23.2 Å². The lowest BCUT2D eigenvalue weighted by atomic mass is 10.1. The molecule has 0 fully saturated rings. The predicted octanol–water partition coefficient (Wildman–Crippen LogP) is 2.04. The van der Waals surface area contributed by atoms with Crippen molar-refractivity contribution in [3.8, 4) is 0 Å². The molecule has 15 heavy (non-hydrogen) atoms. The summed E-state index contributed by atoms with van der Waals surface area (Å²) in [5.74, 6) is -0.481. The minimum Gasteiger partial charge on any atom is -0.468 e. The van der Waals surface area contributed by atoms with Crippen molar-refractivity contribution in [3.63, 3.8) is 0 Å². The first-order valence-corrected chi connectivity index (χ1v) is 5.08. The fraction of sp³-hybridized carbons (Fsp3) is 0.300. The van der Waals surface area contributed by atoms with Gasteiger partial charge >= 0.3 is 5.97 Å². The Morgan fingerprint density at radius 2 is 2.00 bits per heavy atom. The van der Waals surface area contributed by atoms with Crippen LogP contribution in [0.15, 0.2) is 18.2 Å². The van der Waals surface area contributed by atoms with Gasteiger partial charge < -0.3 is 10.5 Å². The largest absolute Gasteiger partial charge is 0.468 e. The van der Waals surface area contributed by atoms with E-state index < -0.39 is 12.0 Å². The van der Waals surface area contributed by atoms with E-state index >= 15 is 0 Å². The second-order valence-corrected chi connectivity index (χ2v) is 3.85. The summed E-state index contributed by atoms with van der Waals surface area (Å²) >= 11 is 11.9. The standard InChI is InChI=1S/C10H11Cl2NO2/c1-15-10(14)9(13)5-6-7(11)3-2-4-8(6)12/h2-4,9H,5,13H2,1H3. The van der Waals surface area contributed by atoms with Gasteiger partial charge in [0.15, 0.2) is 0 Å². The molecule has 0 amide bonds. The van der Waals surface area contributed by atoms with Gasteiger partial charge in [0.05, 0.1) is 7.11 Å². The fourth-order valence-electron chi connectivity index (χ4n) is 1.18. The van der Waals surface area contributed by atoms with Crippen molar-refractivity contribution in [2.75, 3.05) is 7.11 Å². The van der Waals surface area contributed by atoms with Crippen molar-refractivity contribution in [2.45, 2.75) is 12.5 Å². The third kappa shape index (κ3) is 3.09. The van der Waals surface area contributed by atoms with Crippen LogP contribution in [-0.4, -0.2) is 19.1 Å². The number of carbonyl (C=O) groups excluding carboxylic acids is 1. The van der Waals surface area contributed by atoms with Crippen LogP contribution in [-0.2, 0) is 16.0 Å². The summed E-state index contributed by atoms with van der Waals surface area (Å²) in [5.41, 5.74) is 6.27. The molecule has 0 spiro atoms. The van der Waals surface area contributed by atoms with Gasteiger partial charge in [-0.2, -0.15) is 0 Å². The van der Waals surface area contributed by atoms with E-state index in [4.69, 9.17) is 28.9 Å². The van der Waals surface area contributed by atoms with Crippen LogP contribution in [0.2, 0.25) is 10.0 Å². The van der Waals surface area contributed by atoms with Crippen molar-refractivity contribution in [1.29, 1.82) is 0 Å². The Hall–Kier alpha value is -0.770. The molecule has 0 radical (unpaired) electrons. The SMILES string of the molecule is COC(=O)C(N)Cc1c(Cl)cccc1Cl. The van der Waals surface area contributed by atoms with Gasteiger partial charge in [0.1, 0.15) is 6.04 Å². The van der Waals surface area contributed by atoms with Gasteiger partial charge in [0.2, 0.25) is 0 Å². The molecule has 0 bridgehead atoms. The number of esters is 1. The van der Waals surface area contributed by atoms with Gasteiger partial charge in [-0.1, -0.05) is 29.3 Å². The van der Waals surface area contributed by atoms with Crippen LogP contribution < -0.4 is 5.73 Å². The van der Waals surface area contributed by atoms with E-state index in [1.165, 1.54) is 7.11 Å². The van der Waals surface area contributed by atoms with Gasteiger partial charge in [0.25, 0.3) is 0 Å².